The SMILES string of the molecule is CC1(C)CCC(O)C(CN2CCC(C(F)(F)F)CC2)C1. The molecule has 0 aromatic carbocycles. The molecule has 2 fully saturated rings. The fraction of sp³-hybridized carbons (Fsp3) is 1.00. The monoisotopic (exact) mass is 293 g/mol. The lowest BCUT2D eigenvalue weighted by molar-refractivity contribution is -0.185. The lowest BCUT2D eigenvalue weighted by Crippen LogP contribution is -2.45. The number of aliphatic hydroxyl groups excluding tert-OH is 1. The molecule has 0 aromatic rings. The Labute approximate surface area is 119 Å². The maximum absolute atomic E-state index is 12.6. The van der Waals surface area contributed by atoms with Crippen molar-refractivity contribution in [3.8, 4) is 0 Å². The van der Waals surface area contributed by atoms with Crippen LogP contribution in [0, 0.1) is 17.3 Å². The number of rotatable bonds is 2. The summed E-state index contributed by atoms with van der Waals surface area (Å²) in [5.74, 6) is -0.923. The van der Waals surface area contributed by atoms with Crippen LogP contribution >= 0.6 is 0 Å². The Balaban J connectivity index is 1.83. The molecule has 2 atom stereocenters. The Kier molecular flexibility index (Phi) is 4.69. The number of piperidine rings is 1. The van der Waals surface area contributed by atoms with Crippen molar-refractivity contribution in [2.75, 3.05) is 19.6 Å². The Morgan fingerprint density at radius 2 is 1.75 bits per heavy atom. The van der Waals surface area contributed by atoms with Crippen LogP contribution in [-0.2, 0) is 0 Å². The maximum atomic E-state index is 12.6. The van der Waals surface area contributed by atoms with Gasteiger partial charge >= 0.3 is 6.18 Å². The summed E-state index contributed by atoms with van der Waals surface area (Å²) < 4.78 is 37.9. The summed E-state index contributed by atoms with van der Waals surface area (Å²) in [5.41, 5.74) is 0.244. The van der Waals surface area contributed by atoms with Crippen molar-refractivity contribution in [1.29, 1.82) is 0 Å². The first-order chi connectivity index (χ1) is 9.17. The third kappa shape index (κ3) is 4.10. The quantitative estimate of drug-likeness (QED) is 0.843. The van der Waals surface area contributed by atoms with Crippen LogP contribution in [0.4, 0.5) is 13.2 Å². The molecule has 0 spiro atoms. The fourth-order valence-electron chi connectivity index (χ4n) is 3.68. The van der Waals surface area contributed by atoms with Gasteiger partial charge in [0.2, 0.25) is 0 Å². The summed E-state index contributed by atoms with van der Waals surface area (Å²) in [4.78, 5) is 2.11. The number of hydrogen-bond donors (Lipinski definition) is 1. The van der Waals surface area contributed by atoms with E-state index in [0.717, 1.165) is 25.8 Å². The molecule has 1 heterocycles. The van der Waals surface area contributed by atoms with Gasteiger partial charge in [-0.2, -0.15) is 13.2 Å². The minimum atomic E-state index is -4.04. The summed E-state index contributed by atoms with van der Waals surface area (Å²) in [6, 6.07) is 0. The molecular formula is C15H26F3NO. The van der Waals surface area contributed by atoms with E-state index in [1.807, 2.05) is 0 Å². The molecule has 0 radical (unpaired) electrons. The zero-order valence-corrected chi connectivity index (χ0v) is 12.4. The van der Waals surface area contributed by atoms with Crippen LogP contribution in [0.3, 0.4) is 0 Å². The highest BCUT2D eigenvalue weighted by atomic mass is 19.4. The summed E-state index contributed by atoms with van der Waals surface area (Å²) in [6.07, 6.45) is -1.11. The van der Waals surface area contributed by atoms with Crippen LogP contribution in [0.15, 0.2) is 0 Å². The molecular weight excluding hydrogens is 267 g/mol. The Hall–Kier alpha value is -0.290. The molecule has 1 N–H and O–H groups in total. The minimum absolute atomic E-state index is 0.204. The molecule has 2 rings (SSSR count). The fourth-order valence-corrected chi connectivity index (χ4v) is 3.68. The van der Waals surface area contributed by atoms with Crippen molar-refractivity contribution in [1.82, 2.24) is 4.90 Å². The van der Waals surface area contributed by atoms with Crippen LogP contribution in [0.1, 0.15) is 46.0 Å². The van der Waals surface area contributed by atoms with Crippen molar-refractivity contribution < 1.29 is 18.3 Å². The van der Waals surface area contributed by atoms with Crippen LogP contribution in [0.5, 0.6) is 0 Å². The van der Waals surface area contributed by atoms with E-state index in [0.29, 0.717) is 13.1 Å². The van der Waals surface area contributed by atoms with Gasteiger partial charge in [-0.25, -0.2) is 0 Å². The van der Waals surface area contributed by atoms with Gasteiger partial charge in [0, 0.05) is 6.54 Å². The average molecular weight is 293 g/mol. The van der Waals surface area contributed by atoms with Gasteiger partial charge in [0.15, 0.2) is 0 Å². The maximum Gasteiger partial charge on any atom is 0.391 e. The van der Waals surface area contributed by atoms with E-state index >= 15 is 0 Å². The van der Waals surface area contributed by atoms with Gasteiger partial charge in [0.05, 0.1) is 12.0 Å². The Morgan fingerprint density at radius 1 is 1.15 bits per heavy atom. The number of nitrogens with zero attached hydrogens (tertiary/aromatic N) is 1. The van der Waals surface area contributed by atoms with Crippen LogP contribution in [-0.4, -0.2) is 41.9 Å². The smallest absolute Gasteiger partial charge is 0.391 e. The molecule has 1 aliphatic carbocycles. The van der Waals surface area contributed by atoms with Gasteiger partial charge in [-0.3, -0.25) is 0 Å². The highest BCUT2D eigenvalue weighted by Gasteiger charge is 2.42. The minimum Gasteiger partial charge on any atom is -0.393 e. The number of hydrogen-bond acceptors (Lipinski definition) is 2. The molecule has 1 saturated heterocycles. The average Bonchev–Trinajstić information content (AvgIpc) is 2.33. The molecule has 2 aliphatic rings. The van der Waals surface area contributed by atoms with Crippen molar-refractivity contribution in [2.24, 2.45) is 17.3 Å². The second kappa shape index (κ2) is 5.84. The van der Waals surface area contributed by atoms with Crippen molar-refractivity contribution in [3.63, 3.8) is 0 Å². The zero-order valence-electron chi connectivity index (χ0n) is 12.4. The Bertz CT molecular complexity index is 322. The first-order valence-electron chi connectivity index (χ1n) is 7.64. The van der Waals surface area contributed by atoms with Gasteiger partial charge in [-0.1, -0.05) is 13.8 Å². The summed E-state index contributed by atoms with van der Waals surface area (Å²) >= 11 is 0. The molecule has 118 valence electrons. The van der Waals surface area contributed by atoms with E-state index in [-0.39, 0.29) is 30.3 Å². The molecule has 0 aromatic heterocycles. The van der Waals surface area contributed by atoms with Gasteiger partial charge in [0.25, 0.3) is 0 Å². The van der Waals surface area contributed by atoms with E-state index in [4.69, 9.17) is 0 Å². The molecule has 2 nitrogen and oxygen atoms in total. The molecule has 2 unspecified atom stereocenters. The second-order valence-electron chi connectivity index (χ2n) is 7.35. The number of aliphatic hydroxyl groups is 1. The van der Waals surface area contributed by atoms with Crippen molar-refractivity contribution >= 4 is 0 Å². The predicted octanol–water partition coefficient (Wildman–Crippen LogP) is 3.45. The standard InChI is InChI=1S/C15H26F3NO/c1-14(2)6-3-13(20)11(9-14)10-19-7-4-12(5-8-19)15(16,17)18/h11-13,20H,3-10H2,1-2H3. The highest BCUT2D eigenvalue weighted by molar-refractivity contribution is 4.87. The highest BCUT2D eigenvalue weighted by Crippen LogP contribution is 2.40. The van der Waals surface area contributed by atoms with Gasteiger partial charge in [-0.15, -0.1) is 0 Å². The number of alkyl halides is 3. The van der Waals surface area contributed by atoms with Crippen LogP contribution in [0.25, 0.3) is 0 Å². The van der Waals surface area contributed by atoms with Crippen LogP contribution in [0.2, 0.25) is 0 Å². The molecule has 20 heavy (non-hydrogen) atoms. The summed E-state index contributed by atoms with van der Waals surface area (Å²) in [6.45, 7) is 6.18. The zero-order chi connectivity index (χ0) is 15.0. The predicted molar refractivity (Wildman–Crippen MR) is 72.3 cm³/mol. The molecule has 1 aliphatic heterocycles. The van der Waals surface area contributed by atoms with Gasteiger partial charge < -0.3 is 10.0 Å². The topological polar surface area (TPSA) is 23.5 Å². The van der Waals surface area contributed by atoms with Crippen LogP contribution < -0.4 is 0 Å². The van der Waals surface area contributed by atoms with E-state index in [2.05, 4.69) is 18.7 Å². The third-order valence-corrected chi connectivity index (χ3v) is 5.02. The first-order valence-corrected chi connectivity index (χ1v) is 7.64. The lowest BCUT2D eigenvalue weighted by atomic mass is 9.70. The van der Waals surface area contributed by atoms with Crippen molar-refractivity contribution in [3.05, 3.63) is 0 Å². The summed E-state index contributed by atoms with van der Waals surface area (Å²) in [5, 5.41) is 10.1. The normalized spacial score (nSPS) is 33.3. The van der Waals surface area contributed by atoms with Crippen molar-refractivity contribution in [2.45, 2.75) is 58.2 Å². The largest absolute Gasteiger partial charge is 0.393 e. The second-order valence-corrected chi connectivity index (χ2v) is 7.35. The Morgan fingerprint density at radius 3 is 2.30 bits per heavy atom. The molecule has 1 saturated carbocycles. The first kappa shape index (κ1) is 16.1. The summed E-state index contributed by atoms with van der Waals surface area (Å²) in [7, 11) is 0. The number of halogens is 3. The number of likely N-dealkylation sites (tertiary alicyclic amines) is 1. The molecule has 5 heteroatoms. The van der Waals surface area contributed by atoms with Gasteiger partial charge in [0.1, 0.15) is 0 Å². The third-order valence-electron chi connectivity index (χ3n) is 5.02. The van der Waals surface area contributed by atoms with Gasteiger partial charge in [-0.05, 0) is 56.5 Å². The lowest BCUT2D eigenvalue weighted by Gasteiger charge is -2.42. The van der Waals surface area contributed by atoms with E-state index in [1.54, 1.807) is 0 Å². The van der Waals surface area contributed by atoms with E-state index in [9.17, 15) is 18.3 Å². The van der Waals surface area contributed by atoms with E-state index < -0.39 is 12.1 Å². The molecule has 0 bridgehead atoms. The molecule has 0 amide bonds. The van der Waals surface area contributed by atoms with E-state index in [1.165, 1.54) is 0 Å².